The summed E-state index contributed by atoms with van der Waals surface area (Å²) in [5.74, 6) is 2.54. The average molecular weight is 1670 g/mol. The summed E-state index contributed by atoms with van der Waals surface area (Å²) in [6.07, 6.45) is 14.0. The number of hydrogen-bond donors (Lipinski definition) is 0. The van der Waals surface area contributed by atoms with Crippen molar-refractivity contribution >= 4 is 189 Å². The Kier molecular flexibility index (Phi) is 27.3. The fraction of sp³-hybridized carbons (Fsp3) is 0.0737. The minimum Gasteiger partial charge on any atom is -0.611 e. The number of hydrogen-bond acceptors (Lipinski definition) is 4. The standard InChI is InChI=1S/C44H32P2.C40H24BO4.C8H12.3CH2Cl2.Rh/c1-5-19-35(20-6-1)45(36-21-7-2-8-22-36)41-31-29-33-17-13-15-27-39(33)43(41)44-40-28-16-14-18-34(40)30-32-42(44)46(37-23-9-3-10-24-37)38-25-11-4-12-26-38;1-5-13-29-25(9-1)17-21-33-37(29)38-30-14-6-2-10-26(30)18-22-34(38)43-41(42-33)44-35-23-19-27-11-3-7-15-31(27)39(35)40-32-16-8-4-12-28(32)20-24-36(40)45-41;1-2-4-6-8-7-5-3-1;3*2-1-3;/h1-32H;1-24H;1-2,7-8H,3-6H2;3*1H2;/q;-1;;;;;/p+2/b;;2-1-,8-7-;;;;. The van der Waals surface area contributed by atoms with Crippen molar-refractivity contribution in [2.45, 2.75) is 25.7 Å². The molecule has 1 radical (unpaired) electrons. The molecule has 3 aliphatic rings. The molecule has 16 aromatic carbocycles. The zero-order chi connectivity index (χ0) is 74.0. The Labute approximate surface area is 683 Å². The van der Waals surface area contributed by atoms with Crippen LogP contribution in [-0.2, 0) is 19.5 Å². The molecule has 14 heteroatoms. The molecule has 19 rings (SSSR count). The topological polar surface area (TPSA) is 36.9 Å². The van der Waals surface area contributed by atoms with Crippen LogP contribution in [0.1, 0.15) is 25.7 Å². The molecule has 543 valence electrons. The van der Waals surface area contributed by atoms with Crippen molar-refractivity contribution in [2.75, 3.05) is 16.0 Å². The molecule has 2 aliphatic heterocycles. The third kappa shape index (κ3) is 17.5. The molecule has 0 bridgehead atoms. The Hall–Kier alpha value is -8.95. The second-order valence-corrected chi connectivity index (χ2v) is 33.0. The van der Waals surface area contributed by atoms with E-state index < -0.39 is 22.8 Å². The van der Waals surface area contributed by atoms with Gasteiger partial charge < -0.3 is 18.6 Å². The van der Waals surface area contributed by atoms with Gasteiger partial charge in [-0.3, -0.25) is 0 Å². The summed E-state index contributed by atoms with van der Waals surface area (Å²) in [5, 5.41) is 22.9. The molecule has 4 nitrogen and oxygen atoms in total. The van der Waals surface area contributed by atoms with Crippen molar-refractivity contribution in [3.8, 4) is 56.4 Å². The van der Waals surface area contributed by atoms with Gasteiger partial charge in [-0.05, 0) is 175 Å². The molecule has 0 atom stereocenters. The molecular formula is C95H76BCl6O4P2Rh+. The van der Waals surface area contributed by atoms with Crippen LogP contribution in [0, 0.1) is 0 Å². The predicted octanol–water partition coefficient (Wildman–Crippen LogP) is 25.9. The van der Waals surface area contributed by atoms with Gasteiger partial charge in [-0.25, -0.2) is 0 Å². The van der Waals surface area contributed by atoms with Gasteiger partial charge in [-0.15, -0.1) is 69.6 Å². The van der Waals surface area contributed by atoms with Crippen LogP contribution in [0.25, 0.3) is 98.0 Å². The van der Waals surface area contributed by atoms with Crippen molar-refractivity contribution in [2.24, 2.45) is 0 Å². The van der Waals surface area contributed by atoms with Gasteiger partial charge in [-0.2, -0.15) is 0 Å². The SMILES string of the molecule is C1=C\CC/C=C\CC/1.ClCCl.ClCCl.ClCCl.[Rh].c1ccc([PH+](c2ccccc2)c2ccc3ccccc3c2-c2c([PH+](c3ccccc3)c3ccccc3)ccc3ccccc23)cc1.c1ccc2c3c(ccc2c1)O[B-]1(Oc2ccc4ccccc4c2-3)Oc2ccc3ccccc3c2-c2c(ccc3ccccc23)O1. The smallest absolute Gasteiger partial charge is 0.611 e. The van der Waals surface area contributed by atoms with Crippen LogP contribution in [-0.4, -0.2) is 23.0 Å². The van der Waals surface area contributed by atoms with Crippen LogP contribution in [0.15, 0.2) is 364 Å². The summed E-state index contributed by atoms with van der Waals surface area (Å²) in [7, 11) is -2.74. The van der Waals surface area contributed by atoms with E-state index in [2.05, 4.69) is 340 Å². The Morgan fingerprint density at radius 2 is 0.404 bits per heavy atom. The summed E-state index contributed by atoms with van der Waals surface area (Å²) in [6, 6.07) is 122. The van der Waals surface area contributed by atoms with Gasteiger partial charge in [0.15, 0.2) is 0 Å². The summed E-state index contributed by atoms with van der Waals surface area (Å²) in [4.78, 5) is 0. The Balaban J connectivity index is 0.000000157. The van der Waals surface area contributed by atoms with Gasteiger partial charge in [0.2, 0.25) is 0 Å². The van der Waals surface area contributed by atoms with Crippen molar-refractivity contribution < 1.29 is 38.1 Å². The normalized spacial score (nSPS) is 13.2. The van der Waals surface area contributed by atoms with E-state index in [9.17, 15) is 0 Å². The molecule has 109 heavy (non-hydrogen) atoms. The molecule has 16 aromatic rings. The maximum Gasteiger partial charge on any atom is 0.777 e. The number of fused-ring (bicyclic) bond motifs is 16. The molecular weight excluding hydrogens is 1590 g/mol. The zero-order valence-corrected chi connectivity index (χ0v) is 67.6. The zero-order valence-electron chi connectivity index (χ0n) is 59.4. The first kappa shape index (κ1) is 78.2. The second-order valence-electron chi connectivity index (χ2n) is 25.7. The van der Waals surface area contributed by atoms with Gasteiger partial charge in [0.1, 0.15) is 31.8 Å². The van der Waals surface area contributed by atoms with E-state index in [0.717, 1.165) is 65.3 Å². The second kappa shape index (κ2) is 38.1. The molecule has 0 unspecified atom stereocenters. The van der Waals surface area contributed by atoms with Crippen molar-refractivity contribution in [1.82, 2.24) is 0 Å². The summed E-state index contributed by atoms with van der Waals surface area (Å²) in [6.45, 7) is -2.89. The molecule has 0 aromatic heterocycles. The number of benzene rings is 16. The van der Waals surface area contributed by atoms with Crippen LogP contribution < -0.4 is 50.4 Å². The fourth-order valence-electron chi connectivity index (χ4n) is 14.9. The number of rotatable bonds is 7. The summed E-state index contributed by atoms with van der Waals surface area (Å²) < 4.78 is 27.8. The van der Waals surface area contributed by atoms with E-state index in [1.807, 2.05) is 24.3 Å². The first-order valence-corrected chi connectivity index (χ1v) is 42.2. The largest absolute Gasteiger partial charge is 0.777 e. The average Bonchev–Trinajstić information content (AvgIpc) is 1.73. The van der Waals surface area contributed by atoms with Crippen LogP contribution in [0.3, 0.4) is 0 Å². The molecule has 0 saturated heterocycles. The van der Waals surface area contributed by atoms with Gasteiger partial charge >= 0.3 is 6.96 Å². The van der Waals surface area contributed by atoms with E-state index in [1.165, 1.54) is 90.2 Å². The third-order valence-electron chi connectivity index (χ3n) is 19.4. The Morgan fingerprint density at radius 3 is 0.624 bits per heavy atom. The molecule has 0 fully saturated rings. The molecule has 0 saturated carbocycles. The monoisotopic (exact) mass is 1670 g/mol. The first-order valence-electron chi connectivity index (χ1n) is 36.0. The summed E-state index contributed by atoms with van der Waals surface area (Å²) >= 11 is 28.6. The van der Waals surface area contributed by atoms with Crippen LogP contribution in [0.2, 0.25) is 0 Å². The number of allylic oxidation sites excluding steroid dienone is 4. The fourth-order valence-corrected chi connectivity index (χ4v) is 20.5. The van der Waals surface area contributed by atoms with Crippen LogP contribution >= 0.6 is 85.4 Å². The number of alkyl halides is 6. The first-order chi connectivity index (χ1) is 53.4. The van der Waals surface area contributed by atoms with Crippen LogP contribution in [0.4, 0.5) is 0 Å². The predicted molar refractivity (Wildman–Crippen MR) is 476 cm³/mol. The van der Waals surface area contributed by atoms with Crippen molar-refractivity contribution in [3.63, 3.8) is 0 Å². The molecule has 2 heterocycles. The summed E-state index contributed by atoms with van der Waals surface area (Å²) in [5.41, 5.74) is 6.56. The van der Waals surface area contributed by atoms with E-state index in [0.29, 0.717) is 23.0 Å². The maximum absolute atomic E-state index is 6.94. The Morgan fingerprint density at radius 1 is 0.220 bits per heavy atom. The van der Waals surface area contributed by atoms with E-state index in [-0.39, 0.29) is 35.5 Å². The van der Waals surface area contributed by atoms with Crippen LogP contribution in [0.5, 0.6) is 23.0 Å². The van der Waals surface area contributed by atoms with E-state index in [1.54, 1.807) is 0 Å². The van der Waals surface area contributed by atoms with Gasteiger partial charge in [-0.1, -0.05) is 279 Å². The quantitative estimate of drug-likeness (QED) is 0.0690. The van der Waals surface area contributed by atoms with E-state index in [4.69, 9.17) is 88.2 Å². The minimum atomic E-state index is -2.89. The van der Waals surface area contributed by atoms with Gasteiger partial charge in [0, 0.05) is 52.9 Å². The van der Waals surface area contributed by atoms with Gasteiger partial charge in [0.25, 0.3) is 0 Å². The molecule has 1 spiro atoms. The minimum absolute atomic E-state index is 0. The third-order valence-corrected chi connectivity index (χ3v) is 24.9. The van der Waals surface area contributed by atoms with Crippen molar-refractivity contribution in [3.05, 3.63) is 364 Å². The maximum atomic E-state index is 6.94. The number of halogens is 6. The molecule has 0 amide bonds. The van der Waals surface area contributed by atoms with Crippen molar-refractivity contribution in [1.29, 1.82) is 0 Å². The molecule has 0 N–H and O–H groups in total. The Bertz CT molecular complexity index is 5200. The van der Waals surface area contributed by atoms with E-state index >= 15 is 0 Å². The van der Waals surface area contributed by atoms with Gasteiger partial charge in [0.05, 0.1) is 54.9 Å². The molecule has 1 aliphatic carbocycles.